The number of aromatic amines is 1. The molecule has 3 heteroatoms. The summed E-state index contributed by atoms with van der Waals surface area (Å²) < 4.78 is 0. The molecule has 0 saturated heterocycles. The largest absolute Gasteiger partial charge is 0.478 e. The molecule has 22 heavy (non-hydrogen) atoms. The quantitative estimate of drug-likeness (QED) is 0.562. The lowest BCUT2D eigenvalue weighted by atomic mass is 10.1. The first-order valence-electron chi connectivity index (χ1n) is 7.06. The molecule has 1 aromatic heterocycles. The van der Waals surface area contributed by atoms with Gasteiger partial charge in [-0.25, -0.2) is 4.79 Å². The van der Waals surface area contributed by atoms with Crippen LogP contribution in [0, 0.1) is 0 Å². The maximum atomic E-state index is 10.9. The first-order chi connectivity index (χ1) is 10.7. The van der Waals surface area contributed by atoms with Crippen molar-refractivity contribution < 1.29 is 9.90 Å². The third kappa shape index (κ3) is 1.95. The number of hydrogen-bond acceptors (Lipinski definition) is 1. The van der Waals surface area contributed by atoms with Gasteiger partial charge in [0.15, 0.2) is 0 Å². The molecule has 4 rings (SSSR count). The minimum atomic E-state index is -0.908. The minimum Gasteiger partial charge on any atom is -0.478 e. The first-order valence-corrected chi connectivity index (χ1v) is 7.06. The monoisotopic (exact) mass is 287 g/mol. The Morgan fingerprint density at radius 3 is 2.41 bits per heavy atom. The summed E-state index contributed by atoms with van der Waals surface area (Å²) in [6.45, 7) is 0. The van der Waals surface area contributed by atoms with Crippen molar-refractivity contribution in [1.82, 2.24) is 4.98 Å². The number of carbonyl (C=O) groups is 1. The van der Waals surface area contributed by atoms with E-state index in [1.54, 1.807) is 12.1 Å². The van der Waals surface area contributed by atoms with Crippen LogP contribution in [-0.4, -0.2) is 16.1 Å². The summed E-state index contributed by atoms with van der Waals surface area (Å²) in [6, 6.07) is 21.5. The van der Waals surface area contributed by atoms with Crippen LogP contribution in [0.4, 0.5) is 0 Å². The molecule has 3 nitrogen and oxygen atoms in total. The number of carboxylic acids is 1. The SMILES string of the molecule is O=C(O)c1ccc(-c2cc3c(ccc4ccccc43)[nH]2)cc1. The van der Waals surface area contributed by atoms with E-state index in [9.17, 15) is 4.79 Å². The van der Waals surface area contributed by atoms with Crippen molar-refractivity contribution in [2.45, 2.75) is 0 Å². The fourth-order valence-corrected chi connectivity index (χ4v) is 2.83. The second-order valence-corrected chi connectivity index (χ2v) is 5.31. The molecular weight excluding hydrogens is 274 g/mol. The Balaban J connectivity index is 1.88. The number of hydrogen-bond donors (Lipinski definition) is 2. The first kappa shape index (κ1) is 12.7. The minimum absolute atomic E-state index is 0.297. The van der Waals surface area contributed by atoms with E-state index in [-0.39, 0.29) is 0 Å². The van der Waals surface area contributed by atoms with E-state index >= 15 is 0 Å². The average Bonchev–Trinajstić information content (AvgIpc) is 2.99. The van der Waals surface area contributed by atoms with Gasteiger partial charge in [0.2, 0.25) is 0 Å². The van der Waals surface area contributed by atoms with Crippen molar-refractivity contribution in [2.24, 2.45) is 0 Å². The van der Waals surface area contributed by atoms with Crippen LogP contribution in [0.25, 0.3) is 32.9 Å². The van der Waals surface area contributed by atoms with E-state index in [0.29, 0.717) is 5.56 Å². The summed E-state index contributed by atoms with van der Waals surface area (Å²) in [5, 5.41) is 12.6. The lowest BCUT2D eigenvalue weighted by Crippen LogP contribution is -1.94. The van der Waals surface area contributed by atoms with Crippen molar-refractivity contribution in [3.05, 3.63) is 72.3 Å². The van der Waals surface area contributed by atoms with Crippen LogP contribution in [0.1, 0.15) is 10.4 Å². The summed E-state index contributed by atoms with van der Waals surface area (Å²) >= 11 is 0. The summed E-state index contributed by atoms with van der Waals surface area (Å²) in [6.07, 6.45) is 0. The van der Waals surface area contributed by atoms with Gasteiger partial charge >= 0.3 is 5.97 Å². The predicted molar refractivity (Wildman–Crippen MR) is 88.2 cm³/mol. The Bertz CT molecular complexity index is 997. The van der Waals surface area contributed by atoms with Gasteiger partial charge in [0.1, 0.15) is 0 Å². The van der Waals surface area contributed by atoms with Gasteiger partial charge in [-0.1, -0.05) is 42.5 Å². The van der Waals surface area contributed by atoms with Crippen molar-refractivity contribution in [1.29, 1.82) is 0 Å². The van der Waals surface area contributed by atoms with E-state index in [1.807, 2.05) is 24.3 Å². The highest BCUT2D eigenvalue weighted by molar-refractivity contribution is 6.08. The normalized spacial score (nSPS) is 11.1. The van der Waals surface area contributed by atoms with Crippen molar-refractivity contribution in [3.63, 3.8) is 0 Å². The Labute approximate surface area is 126 Å². The zero-order valence-electron chi connectivity index (χ0n) is 11.7. The molecule has 2 N–H and O–H groups in total. The van der Waals surface area contributed by atoms with E-state index in [0.717, 1.165) is 16.8 Å². The third-order valence-corrected chi connectivity index (χ3v) is 3.97. The van der Waals surface area contributed by atoms with Gasteiger partial charge in [-0.2, -0.15) is 0 Å². The number of aromatic carboxylic acids is 1. The number of aromatic nitrogens is 1. The highest BCUT2D eigenvalue weighted by Crippen LogP contribution is 2.30. The molecule has 4 aromatic rings. The fraction of sp³-hybridized carbons (Fsp3) is 0. The van der Waals surface area contributed by atoms with Gasteiger partial charge in [-0.3, -0.25) is 0 Å². The standard InChI is InChI=1S/C19H13NO2/c21-19(22)14-7-5-13(6-8-14)18-11-16-15-4-2-1-3-12(15)9-10-17(16)20-18/h1-11,20H,(H,21,22). The number of fused-ring (bicyclic) bond motifs is 3. The van der Waals surface area contributed by atoms with Gasteiger partial charge in [0.25, 0.3) is 0 Å². The second-order valence-electron chi connectivity index (χ2n) is 5.31. The Morgan fingerprint density at radius 2 is 1.64 bits per heavy atom. The molecule has 0 atom stereocenters. The van der Waals surface area contributed by atoms with Gasteiger partial charge < -0.3 is 10.1 Å². The van der Waals surface area contributed by atoms with Crippen LogP contribution in [-0.2, 0) is 0 Å². The summed E-state index contributed by atoms with van der Waals surface area (Å²) in [5.74, 6) is -0.908. The molecule has 0 radical (unpaired) electrons. The Hall–Kier alpha value is -3.07. The fourth-order valence-electron chi connectivity index (χ4n) is 2.83. The van der Waals surface area contributed by atoms with Crippen molar-refractivity contribution in [3.8, 4) is 11.3 Å². The molecule has 3 aromatic carbocycles. The van der Waals surface area contributed by atoms with Gasteiger partial charge in [0, 0.05) is 16.6 Å². The van der Waals surface area contributed by atoms with E-state index in [1.165, 1.54) is 16.2 Å². The molecule has 0 spiro atoms. The predicted octanol–water partition coefficient (Wildman–Crippen LogP) is 4.69. The molecule has 0 unspecified atom stereocenters. The Morgan fingerprint density at radius 1 is 0.864 bits per heavy atom. The number of rotatable bonds is 2. The van der Waals surface area contributed by atoms with Crippen LogP contribution in [0.15, 0.2) is 66.7 Å². The zero-order valence-corrected chi connectivity index (χ0v) is 11.7. The van der Waals surface area contributed by atoms with Gasteiger partial charge in [-0.05, 0) is 40.6 Å². The van der Waals surface area contributed by atoms with Crippen LogP contribution >= 0.6 is 0 Å². The topological polar surface area (TPSA) is 53.1 Å². The van der Waals surface area contributed by atoms with Gasteiger partial charge in [-0.15, -0.1) is 0 Å². The molecule has 0 aliphatic rings. The second kappa shape index (κ2) is 4.74. The lowest BCUT2D eigenvalue weighted by Gasteiger charge is -1.98. The smallest absolute Gasteiger partial charge is 0.335 e. The number of H-pyrrole nitrogens is 1. The van der Waals surface area contributed by atoms with Crippen LogP contribution in [0.5, 0.6) is 0 Å². The van der Waals surface area contributed by atoms with E-state index in [4.69, 9.17) is 5.11 Å². The maximum Gasteiger partial charge on any atom is 0.335 e. The average molecular weight is 287 g/mol. The highest BCUT2D eigenvalue weighted by Gasteiger charge is 2.08. The molecule has 1 heterocycles. The lowest BCUT2D eigenvalue weighted by molar-refractivity contribution is 0.0697. The summed E-state index contributed by atoms with van der Waals surface area (Å²) in [5.41, 5.74) is 3.34. The summed E-state index contributed by atoms with van der Waals surface area (Å²) in [7, 11) is 0. The van der Waals surface area contributed by atoms with Crippen molar-refractivity contribution >= 4 is 27.6 Å². The maximum absolute atomic E-state index is 10.9. The van der Waals surface area contributed by atoms with Crippen LogP contribution < -0.4 is 0 Å². The molecule has 0 bridgehead atoms. The zero-order chi connectivity index (χ0) is 15.1. The Kier molecular flexibility index (Phi) is 2.73. The van der Waals surface area contributed by atoms with Crippen molar-refractivity contribution in [2.75, 3.05) is 0 Å². The molecule has 0 saturated carbocycles. The molecule has 0 amide bonds. The van der Waals surface area contributed by atoms with E-state index in [2.05, 4.69) is 35.3 Å². The molecule has 106 valence electrons. The van der Waals surface area contributed by atoms with Crippen LogP contribution in [0.2, 0.25) is 0 Å². The molecule has 0 aliphatic heterocycles. The molecular formula is C19H13NO2. The number of nitrogens with one attached hydrogen (secondary N) is 1. The summed E-state index contributed by atoms with van der Waals surface area (Å²) in [4.78, 5) is 14.3. The highest BCUT2D eigenvalue weighted by atomic mass is 16.4. The van der Waals surface area contributed by atoms with E-state index < -0.39 is 5.97 Å². The number of benzene rings is 3. The van der Waals surface area contributed by atoms with Gasteiger partial charge in [0.05, 0.1) is 5.56 Å². The third-order valence-electron chi connectivity index (χ3n) is 3.97. The number of carboxylic acid groups (broad SMARTS) is 1. The van der Waals surface area contributed by atoms with Crippen LogP contribution in [0.3, 0.4) is 0 Å². The molecule has 0 fully saturated rings. The molecule has 0 aliphatic carbocycles.